The maximum atomic E-state index is 13.0. The maximum absolute atomic E-state index is 13.0. The van der Waals surface area contributed by atoms with Crippen molar-refractivity contribution in [2.24, 2.45) is 0 Å². The average Bonchev–Trinajstić information content (AvgIpc) is 2.45. The quantitative estimate of drug-likeness (QED) is 0.694. The number of amides is 1. The van der Waals surface area contributed by atoms with Crippen molar-refractivity contribution in [1.29, 1.82) is 0 Å². The highest BCUT2D eigenvalue weighted by molar-refractivity contribution is 5.94. The lowest BCUT2D eigenvalue weighted by molar-refractivity contribution is -0.385. The first-order valence-electron chi connectivity index (χ1n) is 6.25. The SMILES string of the molecule is Cc1ccc(C(=O)NCc2cccc(F)c2)cc1[N+](=O)[O-]. The second kappa shape index (κ2) is 6.13. The molecule has 0 aliphatic rings. The Bertz CT molecular complexity index is 701. The molecular formula is C15H13FN2O3. The molecule has 0 spiro atoms. The molecule has 2 rings (SSSR count). The lowest BCUT2D eigenvalue weighted by atomic mass is 10.1. The van der Waals surface area contributed by atoms with Crippen LogP contribution in [0.25, 0.3) is 0 Å². The van der Waals surface area contributed by atoms with Gasteiger partial charge in [-0.05, 0) is 30.7 Å². The summed E-state index contributed by atoms with van der Waals surface area (Å²) >= 11 is 0. The molecule has 2 aromatic rings. The number of nitrogens with zero attached hydrogens (tertiary/aromatic N) is 1. The van der Waals surface area contributed by atoms with Gasteiger partial charge in [0.2, 0.25) is 0 Å². The van der Waals surface area contributed by atoms with Crippen LogP contribution in [0.3, 0.4) is 0 Å². The molecule has 5 nitrogen and oxygen atoms in total. The van der Waals surface area contributed by atoms with E-state index in [0.29, 0.717) is 11.1 Å². The summed E-state index contributed by atoms with van der Waals surface area (Å²) in [5.74, 6) is -0.824. The number of benzene rings is 2. The number of carbonyl (C=O) groups excluding carboxylic acids is 1. The Morgan fingerprint density at radius 1 is 1.29 bits per heavy atom. The number of hydrogen-bond acceptors (Lipinski definition) is 3. The summed E-state index contributed by atoms with van der Waals surface area (Å²) in [4.78, 5) is 22.3. The third kappa shape index (κ3) is 3.62. The largest absolute Gasteiger partial charge is 0.348 e. The third-order valence-corrected chi connectivity index (χ3v) is 3.01. The zero-order valence-corrected chi connectivity index (χ0v) is 11.3. The van der Waals surface area contributed by atoms with Gasteiger partial charge in [0.05, 0.1) is 4.92 Å². The molecule has 108 valence electrons. The number of carbonyl (C=O) groups is 1. The first kappa shape index (κ1) is 14.6. The highest BCUT2D eigenvalue weighted by atomic mass is 19.1. The molecule has 0 fully saturated rings. The Balaban J connectivity index is 2.10. The Hall–Kier alpha value is -2.76. The third-order valence-electron chi connectivity index (χ3n) is 3.01. The van der Waals surface area contributed by atoms with E-state index in [1.54, 1.807) is 19.1 Å². The fraction of sp³-hybridized carbons (Fsp3) is 0.133. The molecule has 0 atom stereocenters. The van der Waals surface area contributed by atoms with Crippen LogP contribution in [0.5, 0.6) is 0 Å². The van der Waals surface area contributed by atoms with Gasteiger partial charge in [-0.1, -0.05) is 18.2 Å². The Morgan fingerprint density at radius 3 is 2.71 bits per heavy atom. The maximum Gasteiger partial charge on any atom is 0.273 e. The molecule has 21 heavy (non-hydrogen) atoms. The topological polar surface area (TPSA) is 72.2 Å². The summed E-state index contributed by atoms with van der Waals surface area (Å²) in [5.41, 5.74) is 1.20. The second-order valence-electron chi connectivity index (χ2n) is 4.57. The predicted octanol–water partition coefficient (Wildman–Crippen LogP) is 2.97. The van der Waals surface area contributed by atoms with E-state index in [9.17, 15) is 19.3 Å². The van der Waals surface area contributed by atoms with Crippen LogP contribution in [0.2, 0.25) is 0 Å². The van der Waals surface area contributed by atoms with Crippen molar-refractivity contribution in [1.82, 2.24) is 5.32 Å². The number of nitro groups is 1. The summed E-state index contributed by atoms with van der Waals surface area (Å²) < 4.78 is 13.0. The molecule has 1 N–H and O–H groups in total. The van der Waals surface area contributed by atoms with Crippen LogP contribution in [0.4, 0.5) is 10.1 Å². The molecule has 0 unspecified atom stereocenters. The molecule has 0 aliphatic carbocycles. The van der Waals surface area contributed by atoms with Gasteiger partial charge in [0.15, 0.2) is 0 Å². The first-order chi connectivity index (χ1) is 9.97. The number of hydrogen-bond donors (Lipinski definition) is 1. The minimum absolute atomic E-state index is 0.103. The zero-order chi connectivity index (χ0) is 15.4. The van der Waals surface area contributed by atoms with E-state index in [4.69, 9.17) is 0 Å². The van der Waals surface area contributed by atoms with Crippen LogP contribution in [0.15, 0.2) is 42.5 Å². The van der Waals surface area contributed by atoms with Gasteiger partial charge in [-0.3, -0.25) is 14.9 Å². The summed E-state index contributed by atoms with van der Waals surface area (Å²) in [7, 11) is 0. The molecule has 0 aliphatic heterocycles. The van der Waals surface area contributed by atoms with E-state index in [-0.39, 0.29) is 23.6 Å². The molecule has 2 aromatic carbocycles. The molecular weight excluding hydrogens is 275 g/mol. The minimum Gasteiger partial charge on any atom is -0.348 e. The molecule has 6 heteroatoms. The van der Waals surface area contributed by atoms with Crippen molar-refractivity contribution in [3.05, 3.63) is 75.1 Å². The normalized spacial score (nSPS) is 10.2. The van der Waals surface area contributed by atoms with Gasteiger partial charge in [-0.15, -0.1) is 0 Å². The van der Waals surface area contributed by atoms with Gasteiger partial charge < -0.3 is 5.32 Å². The Kier molecular flexibility index (Phi) is 4.27. The number of halogens is 1. The smallest absolute Gasteiger partial charge is 0.273 e. The summed E-state index contributed by atoms with van der Waals surface area (Å²) in [6, 6.07) is 10.1. The molecule has 0 saturated heterocycles. The highest BCUT2D eigenvalue weighted by Crippen LogP contribution is 2.19. The predicted molar refractivity (Wildman–Crippen MR) is 75.4 cm³/mol. The van der Waals surface area contributed by atoms with Gasteiger partial charge in [0, 0.05) is 23.7 Å². The van der Waals surface area contributed by atoms with Crippen LogP contribution in [-0.2, 0) is 6.54 Å². The average molecular weight is 288 g/mol. The van der Waals surface area contributed by atoms with Crippen molar-refractivity contribution < 1.29 is 14.1 Å². The fourth-order valence-corrected chi connectivity index (χ4v) is 1.88. The van der Waals surface area contributed by atoms with Gasteiger partial charge in [-0.25, -0.2) is 4.39 Å². The Morgan fingerprint density at radius 2 is 2.05 bits per heavy atom. The van der Waals surface area contributed by atoms with Crippen molar-refractivity contribution in [3.63, 3.8) is 0 Å². The highest BCUT2D eigenvalue weighted by Gasteiger charge is 2.14. The van der Waals surface area contributed by atoms with Crippen LogP contribution in [0.1, 0.15) is 21.5 Å². The first-order valence-corrected chi connectivity index (χ1v) is 6.25. The standard InChI is InChI=1S/C15H13FN2O3/c1-10-5-6-12(8-14(10)18(20)21)15(19)17-9-11-3-2-4-13(16)7-11/h2-8H,9H2,1H3,(H,17,19). The summed E-state index contributed by atoms with van der Waals surface area (Å²) in [5, 5.41) is 13.4. The summed E-state index contributed by atoms with van der Waals surface area (Å²) in [6.07, 6.45) is 0. The van der Waals surface area contributed by atoms with Crippen LogP contribution >= 0.6 is 0 Å². The van der Waals surface area contributed by atoms with E-state index in [0.717, 1.165) is 0 Å². The minimum atomic E-state index is -0.529. The number of aryl methyl sites for hydroxylation is 1. The van der Waals surface area contributed by atoms with Gasteiger partial charge in [-0.2, -0.15) is 0 Å². The van der Waals surface area contributed by atoms with Crippen molar-refractivity contribution >= 4 is 11.6 Å². The number of nitro benzene ring substituents is 1. The van der Waals surface area contributed by atoms with Crippen LogP contribution in [0, 0.1) is 22.9 Å². The zero-order valence-electron chi connectivity index (χ0n) is 11.3. The number of rotatable bonds is 4. The Labute approximate surface area is 120 Å². The second-order valence-corrected chi connectivity index (χ2v) is 4.57. The monoisotopic (exact) mass is 288 g/mol. The molecule has 0 radical (unpaired) electrons. The fourth-order valence-electron chi connectivity index (χ4n) is 1.88. The molecule has 0 saturated carbocycles. The lowest BCUT2D eigenvalue weighted by Crippen LogP contribution is -2.23. The van der Waals surface area contributed by atoms with Crippen molar-refractivity contribution in [3.8, 4) is 0 Å². The lowest BCUT2D eigenvalue weighted by Gasteiger charge is -2.06. The van der Waals surface area contributed by atoms with Gasteiger partial charge in [0.1, 0.15) is 5.82 Å². The molecule has 0 aromatic heterocycles. The van der Waals surface area contributed by atoms with E-state index in [1.165, 1.54) is 30.3 Å². The summed E-state index contributed by atoms with van der Waals surface area (Å²) in [6.45, 7) is 1.75. The van der Waals surface area contributed by atoms with Gasteiger partial charge in [0.25, 0.3) is 11.6 Å². The van der Waals surface area contributed by atoms with Crippen LogP contribution < -0.4 is 5.32 Å². The van der Waals surface area contributed by atoms with E-state index < -0.39 is 10.8 Å². The number of nitrogens with one attached hydrogen (secondary N) is 1. The van der Waals surface area contributed by atoms with E-state index >= 15 is 0 Å². The van der Waals surface area contributed by atoms with Crippen LogP contribution in [-0.4, -0.2) is 10.8 Å². The van der Waals surface area contributed by atoms with Crippen molar-refractivity contribution in [2.45, 2.75) is 13.5 Å². The molecule has 1 amide bonds. The molecule has 0 heterocycles. The molecule has 0 bridgehead atoms. The van der Waals surface area contributed by atoms with Gasteiger partial charge >= 0.3 is 0 Å². The van der Waals surface area contributed by atoms with E-state index in [1.807, 2.05) is 0 Å². The van der Waals surface area contributed by atoms with E-state index in [2.05, 4.69) is 5.32 Å². The van der Waals surface area contributed by atoms with Crippen molar-refractivity contribution in [2.75, 3.05) is 0 Å².